The molecular formula is C60H106O12S. The van der Waals surface area contributed by atoms with Crippen molar-refractivity contribution in [3.63, 3.8) is 0 Å². The van der Waals surface area contributed by atoms with Crippen LogP contribution in [-0.4, -0.2) is 97.5 Å². The summed E-state index contributed by atoms with van der Waals surface area (Å²) in [5, 5.41) is 30.8. The first kappa shape index (κ1) is 68.6. The van der Waals surface area contributed by atoms with E-state index in [0.29, 0.717) is 13.0 Å². The summed E-state index contributed by atoms with van der Waals surface area (Å²) in [5.74, 6) is -0.439. The van der Waals surface area contributed by atoms with Gasteiger partial charge >= 0.3 is 16.4 Å². The molecule has 1 rings (SSSR count). The van der Waals surface area contributed by atoms with Gasteiger partial charge in [-0.2, -0.15) is 8.42 Å². The molecule has 0 saturated carbocycles. The van der Waals surface area contributed by atoms with Gasteiger partial charge in [-0.25, -0.2) is 4.18 Å². The SMILES string of the molecule is CC/C=C\C/C=C\C/C=C\C/C=C\C/C=C\C/C=C\CCCCC(=O)OC(COCCCCCCCCCCCCCCCCCCCCCCCCCCC)COC1OC(CO)C(O)C(OS(=O)(=O)O)C1O. The highest BCUT2D eigenvalue weighted by Crippen LogP contribution is 2.26. The zero-order chi connectivity index (χ0) is 53.1. The lowest BCUT2D eigenvalue weighted by Gasteiger charge is -2.41. The molecule has 424 valence electrons. The second-order valence-corrected chi connectivity index (χ2v) is 20.9. The van der Waals surface area contributed by atoms with Gasteiger partial charge in [0.1, 0.15) is 30.5 Å². The molecule has 0 aromatic carbocycles. The van der Waals surface area contributed by atoms with Crippen LogP contribution in [0.1, 0.15) is 239 Å². The Morgan fingerprint density at radius 1 is 0.534 bits per heavy atom. The number of allylic oxidation sites excluding steroid dienone is 12. The van der Waals surface area contributed by atoms with Gasteiger partial charge in [0.05, 0.1) is 19.8 Å². The highest BCUT2D eigenvalue weighted by atomic mass is 32.3. The third-order valence-corrected chi connectivity index (χ3v) is 13.6. The van der Waals surface area contributed by atoms with Crippen molar-refractivity contribution in [1.82, 2.24) is 0 Å². The van der Waals surface area contributed by atoms with E-state index in [9.17, 15) is 33.1 Å². The summed E-state index contributed by atoms with van der Waals surface area (Å²) < 4.78 is 59.4. The van der Waals surface area contributed by atoms with Crippen molar-refractivity contribution in [1.29, 1.82) is 0 Å². The predicted molar refractivity (Wildman–Crippen MR) is 299 cm³/mol. The van der Waals surface area contributed by atoms with E-state index in [4.69, 9.17) is 18.9 Å². The lowest BCUT2D eigenvalue weighted by molar-refractivity contribution is -0.301. The van der Waals surface area contributed by atoms with Gasteiger partial charge in [-0.3, -0.25) is 9.35 Å². The first-order chi connectivity index (χ1) is 35.6. The average Bonchev–Trinajstić information content (AvgIpc) is 3.37. The molecule has 0 aromatic heterocycles. The lowest BCUT2D eigenvalue weighted by atomic mass is 9.99. The van der Waals surface area contributed by atoms with E-state index in [-0.39, 0.29) is 19.6 Å². The minimum Gasteiger partial charge on any atom is -0.457 e. The Balaban J connectivity index is 2.32. The number of esters is 1. The first-order valence-corrected chi connectivity index (χ1v) is 30.6. The summed E-state index contributed by atoms with van der Waals surface area (Å²) in [7, 11) is -5.08. The van der Waals surface area contributed by atoms with Crippen LogP contribution in [0.3, 0.4) is 0 Å². The number of rotatable bonds is 51. The molecule has 13 heteroatoms. The molecule has 0 radical (unpaired) electrons. The Kier molecular flexibility index (Phi) is 47.3. The molecule has 1 aliphatic heterocycles. The molecule has 73 heavy (non-hydrogen) atoms. The molecule has 0 bridgehead atoms. The van der Waals surface area contributed by atoms with E-state index in [1.807, 2.05) is 0 Å². The van der Waals surface area contributed by atoms with Gasteiger partial charge in [0.25, 0.3) is 0 Å². The molecule has 1 fully saturated rings. The van der Waals surface area contributed by atoms with Crippen LogP contribution in [0.4, 0.5) is 0 Å². The summed E-state index contributed by atoms with van der Waals surface area (Å²) in [5.41, 5.74) is 0. The monoisotopic (exact) mass is 1050 g/mol. The normalized spacial score (nSPS) is 19.3. The van der Waals surface area contributed by atoms with Gasteiger partial charge in [-0.15, -0.1) is 0 Å². The van der Waals surface area contributed by atoms with Crippen LogP contribution < -0.4 is 0 Å². The van der Waals surface area contributed by atoms with Crippen molar-refractivity contribution in [2.75, 3.05) is 26.4 Å². The van der Waals surface area contributed by atoms with Crippen LogP contribution >= 0.6 is 0 Å². The van der Waals surface area contributed by atoms with Gasteiger partial charge < -0.3 is 34.3 Å². The molecule has 0 spiro atoms. The Morgan fingerprint density at radius 2 is 0.945 bits per heavy atom. The molecule has 1 saturated heterocycles. The minimum atomic E-state index is -5.08. The van der Waals surface area contributed by atoms with Crippen LogP contribution in [0.5, 0.6) is 0 Å². The van der Waals surface area contributed by atoms with Crippen LogP contribution in [0.25, 0.3) is 0 Å². The third-order valence-electron chi connectivity index (χ3n) is 13.1. The van der Waals surface area contributed by atoms with Gasteiger partial charge in [-0.05, 0) is 64.2 Å². The van der Waals surface area contributed by atoms with E-state index >= 15 is 0 Å². The third kappa shape index (κ3) is 43.4. The van der Waals surface area contributed by atoms with Crippen LogP contribution in [0.15, 0.2) is 72.9 Å². The van der Waals surface area contributed by atoms with E-state index in [2.05, 4.69) is 90.9 Å². The molecule has 0 aliphatic carbocycles. The number of aliphatic hydroxyl groups excluding tert-OH is 3. The smallest absolute Gasteiger partial charge is 0.397 e. The molecule has 12 nitrogen and oxygen atoms in total. The lowest BCUT2D eigenvalue weighted by Crippen LogP contribution is -2.60. The summed E-state index contributed by atoms with van der Waals surface area (Å²) in [6.45, 7) is 3.86. The highest BCUT2D eigenvalue weighted by Gasteiger charge is 2.48. The summed E-state index contributed by atoms with van der Waals surface area (Å²) in [4.78, 5) is 12.9. The largest absolute Gasteiger partial charge is 0.457 e. The van der Waals surface area contributed by atoms with Crippen LogP contribution in [-0.2, 0) is 38.3 Å². The van der Waals surface area contributed by atoms with Gasteiger partial charge in [-0.1, -0.05) is 241 Å². The van der Waals surface area contributed by atoms with Gasteiger partial charge in [0.2, 0.25) is 0 Å². The maximum absolute atomic E-state index is 12.9. The summed E-state index contributed by atoms with van der Waals surface area (Å²) in [6.07, 6.45) is 58.1. The molecule has 6 atom stereocenters. The first-order valence-electron chi connectivity index (χ1n) is 29.2. The fraction of sp³-hybridized carbons (Fsp3) is 0.783. The molecule has 6 unspecified atom stereocenters. The van der Waals surface area contributed by atoms with Crippen LogP contribution in [0, 0.1) is 0 Å². The number of aliphatic hydroxyl groups is 3. The summed E-state index contributed by atoms with van der Waals surface area (Å²) in [6, 6.07) is 0. The van der Waals surface area contributed by atoms with E-state index in [1.165, 1.54) is 141 Å². The average molecular weight is 1050 g/mol. The van der Waals surface area contributed by atoms with Gasteiger partial charge in [0.15, 0.2) is 6.29 Å². The van der Waals surface area contributed by atoms with Crippen molar-refractivity contribution < 1.29 is 56.2 Å². The molecule has 0 aromatic rings. The molecule has 4 N–H and O–H groups in total. The number of hydrogen-bond donors (Lipinski definition) is 4. The Morgan fingerprint density at radius 3 is 1.36 bits per heavy atom. The number of carbonyl (C=O) groups excluding carboxylic acids is 1. The van der Waals surface area contributed by atoms with E-state index in [0.717, 1.165) is 70.6 Å². The summed E-state index contributed by atoms with van der Waals surface area (Å²) >= 11 is 0. The predicted octanol–water partition coefficient (Wildman–Crippen LogP) is 14.6. The number of ether oxygens (including phenoxy) is 4. The fourth-order valence-electron chi connectivity index (χ4n) is 8.74. The second kappa shape index (κ2) is 50.4. The van der Waals surface area contributed by atoms with Crippen molar-refractivity contribution in [2.24, 2.45) is 0 Å². The molecule has 1 aliphatic rings. The van der Waals surface area contributed by atoms with Gasteiger partial charge in [0, 0.05) is 13.0 Å². The van der Waals surface area contributed by atoms with Crippen LogP contribution in [0.2, 0.25) is 0 Å². The van der Waals surface area contributed by atoms with Crippen molar-refractivity contribution in [2.45, 2.75) is 275 Å². The maximum Gasteiger partial charge on any atom is 0.397 e. The standard InChI is InChI=1S/C60H106O12S/c1-3-5-7-9-11-13-15-17-19-21-23-25-26-27-28-30-32-34-36-38-40-42-44-46-48-50-68-52-54(53-69-60-58(64)59(72-73(65,66)67)57(63)55(51-61)71-60)70-56(62)49-47-45-43-41-39-37-35-33-31-29-24-22-20-18-16-14-12-10-8-6-4-2/h6,8,12,14,18,20,24,29,33,35,39,41,54-55,57-61,63-64H,3-5,7,9-11,13,15-17,19,21-23,25-28,30-32,34,36-38,40,42-53H2,1-2H3,(H,65,66,67)/b8-6-,14-12-,20-18-,29-24-,35-33-,41-39-. The fourth-order valence-corrected chi connectivity index (χ4v) is 9.25. The highest BCUT2D eigenvalue weighted by molar-refractivity contribution is 7.80. The Bertz CT molecular complexity index is 1540. The number of hydrogen-bond acceptors (Lipinski definition) is 11. The van der Waals surface area contributed by atoms with Crippen molar-refractivity contribution in [3.05, 3.63) is 72.9 Å². The molecule has 0 amide bonds. The number of carbonyl (C=O) groups is 1. The quantitative estimate of drug-likeness (QED) is 0.0196. The topological polar surface area (TPSA) is 178 Å². The Labute approximate surface area is 445 Å². The Hall–Kier alpha value is -2.46. The number of unbranched alkanes of at least 4 members (excludes halogenated alkanes) is 26. The molecular weight excluding hydrogens is 945 g/mol. The maximum atomic E-state index is 12.9. The minimum absolute atomic E-state index is 0.0174. The van der Waals surface area contributed by atoms with Crippen molar-refractivity contribution >= 4 is 16.4 Å². The van der Waals surface area contributed by atoms with E-state index < -0.39 is 59.8 Å². The zero-order valence-electron chi connectivity index (χ0n) is 45.9. The second-order valence-electron chi connectivity index (χ2n) is 19.9. The zero-order valence-corrected chi connectivity index (χ0v) is 46.7. The molecule has 1 heterocycles. The van der Waals surface area contributed by atoms with Crippen molar-refractivity contribution in [3.8, 4) is 0 Å². The van der Waals surface area contributed by atoms with E-state index in [1.54, 1.807) is 0 Å².